The van der Waals surface area contributed by atoms with Crippen LogP contribution < -0.4 is 9.88 Å². The molecule has 1 rings (SSSR count). The van der Waals surface area contributed by atoms with Gasteiger partial charge in [0.1, 0.15) is 5.69 Å². The van der Waals surface area contributed by atoms with Gasteiger partial charge < -0.3 is 4.74 Å². The fraction of sp³-hybridized carbons (Fsp3) is 0.769. The highest BCUT2D eigenvalue weighted by atomic mass is 32.2. The molecule has 1 heterocycles. The molecule has 0 saturated heterocycles. The predicted octanol–water partition coefficient (Wildman–Crippen LogP) is 1.37. The van der Waals surface area contributed by atoms with E-state index in [4.69, 9.17) is 9.88 Å². The monoisotopic (exact) mass is 303 g/mol. The number of aromatic nitrogens is 2. The minimum Gasteiger partial charge on any atom is -0.489 e. The molecule has 1 unspecified atom stereocenters. The second-order valence-corrected chi connectivity index (χ2v) is 7.99. The van der Waals surface area contributed by atoms with Crippen LogP contribution >= 0.6 is 0 Å². The molecule has 0 aliphatic heterocycles. The molecule has 7 heteroatoms. The van der Waals surface area contributed by atoms with E-state index < -0.39 is 10.0 Å². The molecular formula is C13H25N3O3S. The maximum Gasteiger partial charge on any atom is 0.209 e. The summed E-state index contributed by atoms with van der Waals surface area (Å²) in [7, 11) is -1.68. The van der Waals surface area contributed by atoms with Gasteiger partial charge in [-0.1, -0.05) is 20.8 Å². The molecule has 0 aromatic carbocycles. The van der Waals surface area contributed by atoms with Crippen LogP contribution in [0.3, 0.4) is 0 Å². The number of primary sulfonamides is 1. The number of hydrogen-bond donors (Lipinski definition) is 1. The first-order valence-corrected chi connectivity index (χ1v) is 8.27. The molecule has 0 aliphatic carbocycles. The molecule has 0 saturated carbocycles. The van der Waals surface area contributed by atoms with Crippen molar-refractivity contribution in [2.75, 3.05) is 12.4 Å². The van der Waals surface area contributed by atoms with Crippen LogP contribution in [0.1, 0.15) is 32.2 Å². The van der Waals surface area contributed by atoms with E-state index in [2.05, 4.69) is 5.10 Å². The summed E-state index contributed by atoms with van der Waals surface area (Å²) in [5.74, 6) is 0.446. The van der Waals surface area contributed by atoms with Crippen LogP contribution in [0.4, 0.5) is 0 Å². The zero-order valence-electron chi connectivity index (χ0n) is 13.1. The fourth-order valence-electron chi connectivity index (χ4n) is 1.98. The Morgan fingerprint density at radius 2 is 1.90 bits per heavy atom. The van der Waals surface area contributed by atoms with Crippen LogP contribution in [0.5, 0.6) is 5.75 Å². The molecule has 0 aliphatic rings. The summed E-state index contributed by atoms with van der Waals surface area (Å²) in [5, 5.41) is 9.44. The number of sulfonamides is 1. The van der Waals surface area contributed by atoms with E-state index in [1.165, 1.54) is 0 Å². The molecule has 116 valence electrons. The number of aryl methyl sites for hydroxylation is 2. The lowest BCUT2D eigenvalue weighted by Gasteiger charge is -2.29. The minimum absolute atomic E-state index is 0.0884. The van der Waals surface area contributed by atoms with Gasteiger partial charge >= 0.3 is 0 Å². The maximum absolute atomic E-state index is 11.3. The van der Waals surface area contributed by atoms with Gasteiger partial charge in [0.2, 0.25) is 10.0 Å². The Labute approximate surface area is 121 Å². The molecular weight excluding hydrogens is 278 g/mol. The molecule has 0 fully saturated rings. The SMILES string of the molecule is Cc1nn(C)c(C)c1OCC(CS(N)(=O)=O)C(C)(C)C. The van der Waals surface area contributed by atoms with Crippen LogP contribution in [0.2, 0.25) is 0 Å². The molecule has 0 spiro atoms. The molecule has 0 amide bonds. The van der Waals surface area contributed by atoms with E-state index in [1.807, 2.05) is 41.7 Å². The lowest BCUT2D eigenvalue weighted by Crippen LogP contribution is -2.35. The lowest BCUT2D eigenvalue weighted by molar-refractivity contribution is 0.162. The molecule has 0 bridgehead atoms. The summed E-state index contributed by atoms with van der Waals surface area (Å²) >= 11 is 0. The van der Waals surface area contributed by atoms with E-state index in [-0.39, 0.29) is 17.1 Å². The zero-order chi connectivity index (χ0) is 15.7. The Kier molecular flexibility index (Phi) is 4.86. The van der Waals surface area contributed by atoms with Gasteiger partial charge in [-0.3, -0.25) is 4.68 Å². The van der Waals surface area contributed by atoms with Crippen molar-refractivity contribution in [3.8, 4) is 5.75 Å². The molecule has 0 radical (unpaired) electrons. The summed E-state index contributed by atoms with van der Waals surface area (Å²) < 4.78 is 30.3. The number of ether oxygens (including phenoxy) is 1. The summed E-state index contributed by atoms with van der Waals surface area (Å²) in [5.41, 5.74) is 1.51. The Morgan fingerprint density at radius 3 is 2.25 bits per heavy atom. The Morgan fingerprint density at radius 1 is 1.35 bits per heavy atom. The van der Waals surface area contributed by atoms with Crippen LogP contribution in [-0.4, -0.2) is 30.6 Å². The van der Waals surface area contributed by atoms with Crippen molar-refractivity contribution in [3.05, 3.63) is 11.4 Å². The second kappa shape index (κ2) is 5.73. The number of nitrogens with two attached hydrogens (primary N) is 1. The summed E-state index contributed by atoms with van der Waals surface area (Å²) in [6.07, 6.45) is 0. The van der Waals surface area contributed by atoms with E-state index in [9.17, 15) is 8.42 Å². The topological polar surface area (TPSA) is 87.2 Å². The van der Waals surface area contributed by atoms with Gasteiger partial charge in [0.25, 0.3) is 0 Å². The zero-order valence-corrected chi connectivity index (χ0v) is 13.9. The normalized spacial score (nSPS) is 14.3. The first-order valence-electron chi connectivity index (χ1n) is 6.55. The Hall–Kier alpha value is -1.08. The largest absolute Gasteiger partial charge is 0.489 e. The quantitative estimate of drug-likeness (QED) is 0.890. The number of rotatable bonds is 5. The Balaban J connectivity index is 2.87. The third kappa shape index (κ3) is 4.49. The van der Waals surface area contributed by atoms with Crippen molar-refractivity contribution < 1.29 is 13.2 Å². The lowest BCUT2D eigenvalue weighted by atomic mass is 9.82. The van der Waals surface area contributed by atoms with E-state index in [0.29, 0.717) is 6.61 Å². The van der Waals surface area contributed by atoms with Gasteiger partial charge in [0, 0.05) is 13.0 Å². The van der Waals surface area contributed by atoms with Crippen LogP contribution in [0.25, 0.3) is 0 Å². The van der Waals surface area contributed by atoms with Crippen LogP contribution in [-0.2, 0) is 17.1 Å². The van der Waals surface area contributed by atoms with Gasteiger partial charge in [-0.2, -0.15) is 5.10 Å². The maximum atomic E-state index is 11.3. The Bertz CT molecular complexity index is 570. The highest BCUT2D eigenvalue weighted by Gasteiger charge is 2.29. The highest BCUT2D eigenvalue weighted by molar-refractivity contribution is 7.89. The third-order valence-electron chi connectivity index (χ3n) is 3.53. The second-order valence-electron chi connectivity index (χ2n) is 6.33. The van der Waals surface area contributed by atoms with Gasteiger partial charge in [-0.05, 0) is 19.3 Å². The van der Waals surface area contributed by atoms with Crippen molar-refractivity contribution in [1.82, 2.24) is 9.78 Å². The smallest absolute Gasteiger partial charge is 0.209 e. The molecule has 6 nitrogen and oxygen atoms in total. The summed E-state index contributed by atoms with van der Waals surface area (Å²) in [6, 6.07) is 0. The van der Waals surface area contributed by atoms with Crippen molar-refractivity contribution in [2.45, 2.75) is 34.6 Å². The van der Waals surface area contributed by atoms with Crippen molar-refractivity contribution >= 4 is 10.0 Å². The van der Waals surface area contributed by atoms with Crippen LogP contribution in [0, 0.1) is 25.2 Å². The fourth-order valence-corrected chi connectivity index (χ4v) is 3.13. The third-order valence-corrected chi connectivity index (χ3v) is 4.40. The highest BCUT2D eigenvalue weighted by Crippen LogP contribution is 2.29. The van der Waals surface area contributed by atoms with Gasteiger partial charge in [-0.15, -0.1) is 0 Å². The predicted molar refractivity (Wildman–Crippen MR) is 79.1 cm³/mol. The van der Waals surface area contributed by atoms with Crippen molar-refractivity contribution in [1.29, 1.82) is 0 Å². The van der Waals surface area contributed by atoms with Crippen molar-refractivity contribution in [2.24, 2.45) is 23.5 Å². The molecule has 20 heavy (non-hydrogen) atoms. The standard InChI is InChI=1S/C13H25N3O3S/c1-9-12(10(2)16(6)15-9)19-7-11(13(3,4)5)8-20(14,17)18/h11H,7-8H2,1-6H3,(H2,14,17,18). The average Bonchev–Trinajstić information content (AvgIpc) is 2.46. The number of hydrogen-bond acceptors (Lipinski definition) is 4. The first kappa shape index (κ1) is 17.0. The average molecular weight is 303 g/mol. The summed E-state index contributed by atoms with van der Waals surface area (Å²) in [4.78, 5) is 0. The van der Waals surface area contributed by atoms with E-state index >= 15 is 0 Å². The van der Waals surface area contributed by atoms with E-state index in [0.717, 1.165) is 17.1 Å². The van der Waals surface area contributed by atoms with E-state index in [1.54, 1.807) is 4.68 Å². The van der Waals surface area contributed by atoms with Crippen LogP contribution in [0.15, 0.2) is 0 Å². The first-order chi connectivity index (χ1) is 8.92. The molecule has 1 aromatic rings. The minimum atomic E-state index is -3.53. The molecule has 1 atom stereocenters. The number of nitrogens with zero attached hydrogens (tertiary/aromatic N) is 2. The van der Waals surface area contributed by atoms with Gasteiger partial charge in [0.15, 0.2) is 5.75 Å². The van der Waals surface area contributed by atoms with Crippen molar-refractivity contribution in [3.63, 3.8) is 0 Å². The molecule has 1 aromatic heterocycles. The van der Waals surface area contributed by atoms with Gasteiger partial charge in [0.05, 0.1) is 18.1 Å². The summed E-state index contributed by atoms with van der Waals surface area (Å²) in [6.45, 7) is 10.0. The van der Waals surface area contributed by atoms with Gasteiger partial charge in [-0.25, -0.2) is 13.6 Å². The molecule has 2 N–H and O–H groups in total.